The first-order chi connectivity index (χ1) is 15.6. The highest BCUT2D eigenvalue weighted by Crippen LogP contribution is 2.74. The van der Waals surface area contributed by atoms with Crippen LogP contribution < -0.4 is 5.73 Å². The van der Waals surface area contributed by atoms with Gasteiger partial charge in [0.1, 0.15) is 11.9 Å². The van der Waals surface area contributed by atoms with Crippen molar-refractivity contribution in [2.45, 2.75) is 105 Å². The Morgan fingerprint density at radius 3 is 2.21 bits per heavy atom. The number of Topliss-reactive ketones (excluding diaryl/α,β-unsaturated/α-hetero) is 2. The average molecular weight is 465 g/mol. The molecular weight excluding hydrogens is 420 g/mol. The van der Waals surface area contributed by atoms with Crippen molar-refractivity contribution >= 4 is 11.6 Å². The first-order valence-electron chi connectivity index (χ1n) is 13.6. The van der Waals surface area contributed by atoms with Gasteiger partial charge < -0.3 is 5.73 Å². The summed E-state index contributed by atoms with van der Waals surface area (Å²) in [5.74, 6) is 0.935. The standard InChI is InChI=1S/C30H44N2O2/c1-25(2)10-12-30(32)13-11-29(7)23(19(30)16-25)20(33)14-22-27(5)15-18(17-31)24(34)26(3,4)21(27)8-9-28(22,29)6/h15,19,21-23H,8-14,16,32H2,1-7H3/t19?,21?,22-,23?,27+,28-,29-,30+/m1/s1. The first-order valence-corrected chi connectivity index (χ1v) is 13.6. The largest absolute Gasteiger partial charge is 0.325 e. The second-order valence-electron chi connectivity index (χ2n) is 14.9. The van der Waals surface area contributed by atoms with Crippen molar-refractivity contribution in [3.05, 3.63) is 11.6 Å². The van der Waals surface area contributed by atoms with Gasteiger partial charge in [0.05, 0.1) is 5.57 Å². The summed E-state index contributed by atoms with van der Waals surface area (Å²) >= 11 is 0. The van der Waals surface area contributed by atoms with E-state index >= 15 is 0 Å². The first kappa shape index (κ1) is 24.2. The van der Waals surface area contributed by atoms with Gasteiger partial charge >= 0.3 is 0 Å². The lowest BCUT2D eigenvalue weighted by atomic mass is 9.32. The molecule has 0 aromatic carbocycles. The minimum Gasteiger partial charge on any atom is -0.325 e. The van der Waals surface area contributed by atoms with E-state index in [0.717, 1.165) is 44.9 Å². The second-order valence-corrected chi connectivity index (χ2v) is 14.9. The third kappa shape index (κ3) is 2.80. The summed E-state index contributed by atoms with van der Waals surface area (Å²) < 4.78 is 0. The zero-order chi connectivity index (χ0) is 25.1. The van der Waals surface area contributed by atoms with Crippen LogP contribution in [0.2, 0.25) is 0 Å². The van der Waals surface area contributed by atoms with Gasteiger partial charge in [0, 0.05) is 23.3 Å². The summed E-state index contributed by atoms with van der Waals surface area (Å²) in [4.78, 5) is 27.4. The van der Waals surface area contributed by atoms with Gasteiger partial charge in [-0.15, -0.1) is 0 Å². The lowest BCUT2D eigenvalue weighted by Crippen LogP contribution is -2.71. The Bertz CT molecular complexity index is 1030. The molecule has 0 amide bonds. The minimum absolute atomic E-state index is 0.0184. The number of fused-ring (bicyclic) bond motifs is 7. The van der Waals surface area contributed by atoms with Crippen LogP contribution in [-0.2, 0) is 9.59 Å². The molecule has 34 heavy (non-hydrogen) atoms. The van der Waals surface area contributed by atoms with Crippen molar-refractivity contribution in [3.63, 3.8) is 0 Å². The molecule has 0 aromatic rings. The number of nitrogens with zero attached hydrogens (tertiary/aromatic N) is 1. The van der Waals surface area contributed by atoms with E-state index in [2.05, 4.69) is 40.7 Å². The molecule has 3 unspecified atom stereocenters. The van der Waals surface area contributed by atoms with Gasteiger partial charge in [0.25, 0.3) is 0 Å². The van der Waals surface area contributed by atoms with Gasteiger partial charge in [-0.25, -0.2) is 0 Å². The van der Waals surface area contributed by atoms with Crippen LogP contribution in [0.25, 0.3) is 0 Å². The van der Waals surface area contributed by atoms with Crippen LogP contribution in [0.4, 0.5) is 0 Å². The number of nitrogens with two attached hydrogens (primary N) is 1. The molecule has 0 bridgehead atoms. The van der Waals surface area contributed by atoms with Crippen molar-refractivity contribution in [2.24, 2.45) is 56.5 Å². The molecule has 0 heterocycles. The minimum atomic E-state index is -0.580. The summed E-state index contributed by atoms with van der Waals surface area (Å²) in [5.41, 5.74) is 6.38. The fourth-order valence-electron chi connectivity index (χ4n) is 10.3. The SMILES string of the molecule is CC1(C)CC[C@]2(N)CC[C@]3(C)C(C(=O)C[C@@H]4[C@@]5(C)C=C(C#N)C(=O)C(C)(C)C5CC[C@]43C)C2C1. The van der Waals surface area contributed by atoms with Crippen LogP contribution in [-0.4, -0.2) is 17.1 Å². The van der Waals surface area contributed by atoms with Gasteiger partial charge in [-0.1, -0.05) is 54.5 Å². The number of rotatable bonds is 0. The highest BCUT2D eigenvalue weighted by atomic mass is 16.1. The van der Waals surface area contributed by atoms with Gasteiger partial charge in [-0.2, -0.15) is 5.26 Å². The van der Waals surface area contributed by atoms with E-state index in [0.29, 0.717) is 17.8 Å². The highest BCUT2D eigenvalue weighted by Gasteiger charge is 2.71. The Morgan fingerprint density at radius 2 is 1.56 bits per heavy atom. The van der Waals surface area contributed by atoms with Crippen LogP contribution in [0, 0.1) is 62.1 Å². The lowest BCUT2D eigenvalue weighted by Gasteiger charge is -2.71. The Labute approximate surface area is 206 Å². The quantitative estimate of drug-likeness (QED) is 0.477. The molecule has 186 valence electrons. The van der Waals surface area contributed by atoms with E-state index in [1.165, 1.54) is 0 Å². The maximum atomic E-state index is 14.2. The lowest BCUT2D eigenvalue weighted by molar-refractivity contribution is -0.212. The van der Waals surface area contributed by atoms with E-state index in [-0.39, 0.29) is 56.7 Å². The summed E-state index contributed by atoms with van der Waals surface area (Å²) in [5, 5.41) is 9.84. The molecule has 5 aliphatic rings. The molecule has 2 N–H and O–H groups in total. The summed E-state index contributed by atoms with van der Waals surface area (Å²) in [6, 6.07) is 2.21. The van der Waals surface area contributed by atoms with E-state index in [9.17, 15) is 14.9 Å². The Balaban J connectivity index is 1.63. The number of allylic oxidation sites excluding steroid dienone is 2. The summed E-state index contributed by atoms with van der Waals surface area (Å²) in [6.45, 7) is 15.8. The van der Waals surface area contributed by atoms with Gasteiger partial charge in [-0.05, 0) is 84.4 Å². The summed E-state index contributed by atoms with van der Waals surface area (Å²) in [7, 11) is 0. The fraction of sp³-hybridized carbons (Fsp3) is 0.833. The smallest absolute Gasteiger partial charge is 0.178 e. The van der Waals surface area contributed by atoms with Gasteiger partial charge in [0.15, 0.2) is 5.78 Å². The van der Waals surface area contributed by atoms with E-state index < -0.39 is 5.41 Å². The van der Waals surface area contributed by atoms with E-state index in [4.69, 9.17) is 5.73 Å². The topological polar surface area (TPSA) is 83.9 Å². The molecule has 4 nitrogen and oxygen atoms in total. The second kappa shape index (κ2) is 6.84. The number of hydrogen-bond donors (Lipinski definition) is 1. The third-order valence-corrected chi connectivity index (χ3v) is 12.5. The molecule has 4 heteroatoms. The third-order valence-electron chi connectivity index (χ3n) is 12.5. The molecule has 0 saturated heterocycles. The Morgan fingerprint density at radius 1 is 0.912 bits per heavy atom. The van der Waals surface area contributed by atoms with Gasteiger partial charge in [-0.3, -0.25) is 9.59 Å². The predicted octanol–water partition coefficient (Wildman–Crippen LogP) is 6.00. The van der Waals surface area contributed by atoms with Crippen molar-refractivity contribution in [1.29, 1.82) is 5.26 Å². The van der Waals surface area contributed by atoms with Crippen LogP contribution in [0.5, 0.6) is 0 Å². The predicted molar refractivity (Wildman–Crippen MR) is 133 cm³/mol. The molecule has 0 aliphatic heterocycles. The molecule has 4 saturated carbocycles. The molecular formula is C30H44N2O2. The number of hydrogen-bond acceptors (Lipinski definition) is 4. The van der Waals surface area contributed by atoms with Crippen LogP contribution in [0.1, 0.15) is 99.8 Å². The van der Waals surface area contributed by atoms with Crippen molar-refractivity contribution in [2.75, 3.05) is 0 Å². The molecule has 5 rings (SSSR count). The number of nitriles is 1. The monoisotopic (exact) mass is 464 g/mol. The average Bonchev–Trinajstić information content (AvgIpc) is 2.74. The normalized spacial score (nSPS) is 51.2. The van der Waals surface area contributed by atoms with Crippen LogP contribution >= 0.6 is 0 Å². The number of carbonyl (C=O) groups is 2. The Kier molecular flexibility index (Phi) is 4.88. The summed E-state index contributed by atoms with van der Waals surface area (Å²) in [6.07, 6.45) is 9.76. The molecule has 0 radical (unpaired) electrons. The maximum absolute atomic E-state index is 14.2. The van der Waals surface area contributed by atoms with E-state index in [1.54, 1.807) is 0 Å². The number of ketones is 2. The fourth-order valence-corrected chi connectivity index (χ4v) is 10.3. The highest BCUT2D eigenvalue weighted by molar-refractivity contribution is 6.04. The van der Waals surface area contributed by atoms with Crippen molar-refractivity contribution in [1.82, 2.24) is 0 Å². The molecule has 5 aliphatic carbocycles. The maximum Gasteiger partial charge on any atom is 0.178 e. The molecule has 8 atom stereocenters. The van der Waals surface area contributed by atoms with Gasteiger partial charge in [0.2, 0.25) is 0 Å². The van der Waals surface area contributed by atoms with Crippen LogP contribution in [0.15, 0.2) is 11.6 Å². The zero-order valence-corrected chi connectivity index (χ0v) is 22.4. The Hall–Kier alpha value is -1.47. The zero-order valence-electron chi connectivity index (χ0n) is 22.4. The van der Waals surface area contributed by atoms with E-state index in [1.807, 2.05) is 19.9 Å². The molecule has 0 aromatic heterocycles. The molecule has 4 fully saturated rings. The van der Waals surface area contributed by atoms with Crippen molar-refractivity contribution < 1.29 is 9.59 Å². The van der Waals surface area contributed by atoms with Crippen molar-refractivity contribution in [3.8, 4) is 6.07 Å². The molecule has 0 spiro atoms. The number of carbonyl (C=O) groups excluding carboxylic acids is 2. The van der Waals surface area contributed by atoms with Crippen LogP contribution in [0.3, 0.4) is 0 Å².